The van der Waals surface area contributed by atoms with Crippen molar-refractivity contribution in [2.24, 2.45) is 5.92 Å². The van der Waals surface area contributed by atoms with Gasteiger partial charge in [-0.05, 0) is 30.7 Å². The number of hydrogen-bond acceptors (Lipinski definition) is 3. The fourth-order valence-electron chi connectivity index (χ4n) is 3.05. The lowest BCUT2D eigenvalue weighted by Gasteiger charge is -2.35. The van der Waals surface area contributed by atoms with Crippen molar-refractivity contribution in [1.82, 2.24) is 4.90 Å². The molecule has 1 amide bonds. The van der Waals surface area contributed by atoms with Gasteiger partial charge in [-0.25, -0.2) is 0 Å². The summed E-state index contributed by atoms with van der Waals surface area (Å²) in [6.45, 7) is 8.85. The van der Waals surface area contributed by atoms with Crippen LogP contribution in [0.1, 0.15) is 45.6 Å². The summed E-state index contributed by atoms with van der Waals surface area (Å²) in [4.78, 5) is 15.1. The van der Waals surface area contributed by atoms with Crippen LogP contribution in [0.25, 0.3) is 0 Å². The minimum atomic E-state index is 0.0233. The summed E-state index contributed by atoms with van der Waals surface area (Å²) in [5, 5.41) is 0.0233. The summed E-state index contributed by atoms with van der Waals surface area (Å²) in [5.41, 5.74) is 1.28. The normalized spacial score (nSPS) is 19.5. The zero-order valence-electron chi connectivity index (χ0n) is 15.2. The smallest absolute Gasteiger partial charge is 0.236 e. The number of carbonyl (C=O) groups is 1. The quantitative estimate of drug-likeness (QED) is 0.698. The first kappa shape index (κ1) is 19.3. The summed E-state index contributed by atoms with van der Waals surface area (Å²) >= 11 is 1.77. The number of hydrogen-bond donors (Lipinski definition) is 0. The Balaban J connectivity index is 1.92. The third-order valence-corrected chi connectivity index (χ3v) is 5.97. The summed E-state index contributed by atoms with van der Waals surface area (Å²) in [6, 6.07) is 10.4. The molecule has 1 aromatic rings. The second-order valence-corrected chi connectivity index (χ2v) is 8.01. The van der Waals surface area contributed by atoms with Gasteiger partial charge in [-0.3, -0.25) is 4.79 Å². The van der Waals surface area contributed by atoms with Gasteiger partial charge in [-0.2, -0.15) is 0 Å². The number of piperidine rings is 1. The van der Waals surface area contributed by atoms with Crippen LogP contribution < -0.4 is 0 Å². The number of thioether (sulfide) groups is 1. The molecule has 2 atom stereocenters. The molecule has 134 valence electrons. The first-order chi connectivity index (χ1) is 11.6. The highest BCUT2D eigenvalue weighted by Gasteiger charge is 2.31. The molecule has 2 rings (SSSR count). The third-order valence-electron chi connectivity index (χ3n) is 4.37. The van der Waals surface area contributed by atoms with E-state index in [4.69, 9.17) is 4.74 Å². The van der Waals surface area contributed by atoms with Crippen molar-refractivity contribution in [2.45, 2.75) is 57.1 Å². The van der Waals surface area contributed by atoms with E-state index in [9.17, 15) is 4.79 Å². The van der Waals surface area contributed by atoms with Crippen molar-refractivity contribution in [3.8, 4) is 0 Å². The molecule has 1 aromatic carbocycles. The van der Waals surface area contributed by atoms with Crippen molar-refractivity contribution in [2.75, 3.05) is 19.7 Å². The Labute approximate surface area is 151 Å². The topological polar surface area (TPSA) is 29.5 Å². The lowest BCUT2D eigenvalue weighted by molar-refractivity contribution is -0.135. The molecule has 1 saturated heterocycles. The van der Waals surface area contributed by atoms with E-state index in [-0.39, 0.29) is 17.3 Å². The van der Waals surface area contributed by atoms with Gasteiger partial charge in [0.25, 0.3) is 0 Å². The molecule has 24 heavy (non-hydrogen) atoms. The Morgan fingerprint density at radius 2 is 2.08 bits per heavy atom. The van der Waals surface area contributed by atoms with Gasteiger partial charge in [0.05, 0.1) is 11.4 Å². The van der Waals surface area contributed by atoms with Gasteiger partial charge in [-0.1, -0.05) is 51.1 Å². The van der Waals surface area contributed by atoms with Crippen LogP contribution in [0.2, 0.25) is 0 Å². The maximum Gasteiger partial charge on any atom is 0.236 e. The highest BCUT2D eigenvalue weighted by Crippen LogP contribution is 2.27. The van der Waals surface area contributed by atoms with Gasteiger partial charge < -0.3 is 9.64 Å². The van der Waals surface area contributed by atoms with Crippen LogP contribution >= 0.6 is 11.8 Å². The predicted octanol–water partition coefficient (Wildman–Crippen LogP) is 4.36. The molecular weight excluding hydrogens is 318 g/mol. The van der Waals surface area contributed by atoms with Crippen LogP contribution in [0.15, 0.2) is 30.3 Å². The van der Waals surface area contributed by atoms with Crippen LogP contribution in [0.5, 0.6) is 0 Å². The molecule has 0 radical (unpaired) electrons. The summed E-state index contributed by atoms with van der Waals surface area (Å²) < 4.78 is 5.88. The van der Waals surface area contributed by atoms with Crippen molar-refractivity contribution >= 4 is 17.7 Å². The van der Waals surface area contributed by atoms with Crippen LogP contribution in [-0.2, 0) is 15.3 Å². The lowest BCUT2D eigenvalue weighted by atomic mass is 10.0. The molecule has 0 bridgehead atoms. The fraction of sp³-hybridized carbons (Fsp3) is 0.650. The largest absolute Gasteiger partial charge is 0.376 e. The minimum absolute atomic E-state index is 0.0233. The number of nitrogens with zero attached hydrogens (tertiary/aromatic N) is 1. The van der Waals surface area contributed by atoms with E-state index in [1.54, 1.807) is 11.8 Å². The molecular formula is C20H31NO2S. The molecule has 4 heteroatoms. The Morgan fingerprint density at radius 3 is 2.75 bits per heavy atom. The van der Waals surface area contributed by atoms with Crippen LogP contribution in [0.4, 0.5) is 0 Å². The SMILES string of the molecule is CCCOC1CCCN(C(=O)C(SCc2ccccc2)C(C)C)C1. The summed E-state index contributed by atoms with van der Waals surface area (Å²) in [7, 11) is 0. The van der Waals surface area contributed by atoms with Gasteiger partial charge in [-0.15, -0.1) is 11.8 Å². The van der Waals surface area contributed by atoms with E-state index in [0.717, 1.165) is 44.7 Å². The second-order valence-electron chi connectivity index (χ2n) is 6.88. The predicted molar refractivity (Wildman–Crippen MR) is 102 cm³/mol. The van der Waals surface area contributed by atoms with E-state index in [1.165, 1.54) is 5.56 Å². The van der Waals surface area contributed by atoms with Crippen molar-refractivity contribution in [3.05, 3.63) is 35.9 Å². The molecule has 1 aliphatic rings. The summed E-state index contributed by atoms with van der Waals surface area (Å²) in [6.07, 6.45) is 3.38. The van der Waals surface area contributed by atoms with Crippen LogP contribution in [0.3, 0.4) is 0 Å². The average molecular weight is 350 g/mol. The summed E-state index contributed by atoms with van der Waals surface area (Å²) in [5.74, 6) is 1.51. The van der Waals surface area contributed by atoms with Crippen molar-refractivity contribution in [3.63, 3.8) is 0 Å². The third kappa shape index (κ3) is 5.82. The molecule has 1 heterocycles. The van der Waals surface area contributed by atoms with Crippen LogP contribution in [-0.4, -0.2) is 41.9 Å². The Morgan fingerprint density at radius 1 is 1.33 bits per heavy atom. The molecule has 0 saturated carbocycles. The Kier molecular flexibility index (Phi) is 8.13. The molecule has 0 aromatic heterocycles. The lowest BCUT2D eigenvalue weighted by Crippen LogP contribution is -2.47. The van der Waals surface area contributed by atoms with Gasteiger partial charge in [0.1, 0.15) is 0 Å². The van der Waals surface area contributed by atoms with Gasteiger partial charge >= 0.3 is 0 Å². The highest BCUT2D eigenvalue weighted by atomic mass is 32.2. The molecule has 0 aliphatic carbocycles. The number of rotatable bonds is 8. The average Bonchev–Trinajstić information content (AvgIpc) is 2.61. The Bertz CT molecular complexity index is 492. The monoisotopic (exact) mass is 349 g/mol. The van der Waals surface area contributed by atoms with E-state index >= 15 is 0 Å². The molecule has 3 nitrogen and oxygen atoms in total. The van der Waals surface area contributed by atoms with E-state index in [0.29, 0.717) is 5.92 Å². The van der Waals surface area contributed by atoms with E-state index < -0.39 is 0 Å². The van der Waals surface area contributed by atoms with Gasteiger partial charge in [0, 0.05) is 25.4 Å². The number of amides is 1. The number of ether oxygens (including phenoxy) is 1. The molecule has 0 N–H and O–H groups in total. The Hall–Kier alpha value is -1.00. The van der Waals surface area contributed by atoms with Crippen LogP contribution in [0, 0.1) is 5.92 Å². The molecule has 1 fully saturated rings. The van der Waals surface area contributed by atoms with Crippen molar-refractivity contribution < 1.29 is 9.53 Å². The number of carbonyl (C=O) groups excluding carboxylic acids is 1. The van der Waals surface area contributed by atoms with Gasteiger partial charge in [0.2, 0.25) is 5.91 Å². The maximum absolute atomic E-state index is 13.0. The fourth-order valence-corrected chi connectivity index (χ4v) is 4.29. The minimum Gasteiger partial charge on any atom is -0.376 e. The number of benzene rings is 1. The zero-order chi connectivity index (χ0) is 17.4. The molecule has 1 aliphatic heterocycles. The molecule has 0 spiro atoms. The first-order valence-corrected chi connectivity index (χ1v) is 10.2. The van der Waals surface area contributed by atoms with E-state index in [1.807, 2.05) is 11.0 Å². The highest BCUT2D eigenvalue weighted by molar-refractivity contribution is 7.99. The molecule has 2 unspecified atom stereocenters. The second kappa shape index (κ2) is 10.1. The maximum atomic E-state index is 13.0. The standard InChI is InChI=1S/C20H31NO2S/c1-4-13-23-18-11-8-12-21(14-18)20(22)19(16(2)3)24-15-17-9-6-5-7-10-17/h5-7,9-10,16,18-19H,4,8,11-15H2,1-3H3. The zero-order valence-corrected chi connectivity index (χ0v) is 16.1. The van der Waals surface area contributed by atoms with Crippen molar-refractivity contribution in [1.29, 1.82) is 0 Å². The number of likely N-dealkylation sites (tertiary alicyclic amines) is 1. The first-order valence-electron chi connectivity index (χ1n) is 9.17. The van der Waals surface area contributed by atoms with E-state index in [2.05, 4.69) is 45.0 Å². The van der Waals surface area contributed by atoms with Gasteiger partial charge in [0.15, 0.2) is 0 Å².